The molecule has 0 unspecified atom stereocenters. The van der Waals surface area contributed by atoms with Crippen molar-refractivity contribution in [2.75, 3.05) is 37.8 Å². The number of nitrogens with zero attached hydrogens (tertiary/aromatic N) is 2. The molecule has 25 heavy (non-hydrogen) atoms. The predicted octanol–water partition coefficient (Wildman–Crippen LogP) is 2.87. The Hall–Kier alpha value is -1.79. The molecule has 1 aliphatic rings. The first kappa shape index (κ1) is 18.0. The van der Waals surface area contributed by atoms with E-state index >= 15 is 0 Å². The first-order valence-electron chi connectivity index (χ1n) is 8.78. The van der Waals surface area contributed by atoms with E-state index in [0.29, 0.717) is 0 Å². The second-order valence-electron chi connectivity index (χ2n) is 6.68. The second kappa shape index (κ2) is 8.06. The number of carbonyl (C=O) groups excluding carboxylic acids is 1. The summed E-state index contributed by atoms with van der Waals surface area (Å²) in [6.45, 7) is 5.64. The minimum atomic E-state index is -0.172. The third-order valence-electron chi connectivity index (χ3n) is 4.87. The van der Waals surface area contributed by atoms with Crippen LogP contribution in [0.5, 0.6) is 0 Å². The number of nitrogens with one attached hydrogen (secondary N) is 1. The quantitative estimate of drug-likeness (QED) is 0.777. The van der Waals surface area contributed by atoms with E-state index in [1.165, 1.54) is 15.8 Å². The fourth-order valence-corrected chi connectivity index (χ4v) is 3.87. The van der Waals surface area contributed by atoms with E-state index in [4.69, 9.17) is 10.7 Å². The first-order valence-corrected chi connectivity index (χ1v) is 10.00. The molecule has 3 rings (SSSR count). The van der Waals surface area contributed by atoms with Crippen LogP contribution < -0.4 is 11.1 Å². The summed E-state index contributed by atoms with van der Waals surface area (Å²) >= 11 is 1.73. The van der Waals surface area contributed by atoms with Crippen molar-refractivity contribution >= 4 is 34.4 Å². The fourth-order valence-electron chi connectivity index (χ4n) is 3.43. The zero-order valence-electron chi connectivity index (χ0n) is 14.9. The molecule has 1 aromatic heterocycles. The SMILES string of the molecule is CSc1ccc2c(C)cc(NCCN3CCC[C@@H](C(N)=O)C3)nc2c1. The number of aryl methyl sites for hydroxylation is 1. The van der Waals surface area contributed by atoms with Crippen molar-refractivity contribution in [2.24, 2.45) is 11.7 Å². The second-order valence-corrected chi connectivity index (χ2v) is 7.56. The van der Waals surface area contributed by atoms with Crippen LogP contribution in [0.3, 0.4) is 0 Å². The number of carbonyl (C=O) groups is 1. The smallest absolute Gasteiger partial charge is 0.221 e. The molecular formula is C19H26N4OS. The number of likely N-dealkylation sites (tertiary alicyclic amines) is 1. The monoisotopic (exact) mass is 358 g/mol. The van der Waals surface area contributed by atoms with Gasteiger partial charge in [-0.3, -0.25) is 4.79 Å². The highest BCUT2D eigenvalue weighted by Crippen LogP contribution is 2.25. The number of benzene rings is 1. The minimum Gasteiger partial charge on any atom is -0.369 e. The number of rotatable bonds is 6. The van der Waals surface area contributed by atoms with Crippen molar-refractivity contribution in [1.82, 2.24) is 9.88 Å². The van der Waals surface area contributed by atoms with Gasteiger partial charge in [-0.25, -0.2) is 4.98 Å². The van der Waals surface area contributed by atoms with Gasteiger partial charge in [-0.05, 0) is 56.3 Å². The molecule has 1 fully saturated rings. The fraction of sp³-hybridized carbons (Fsp3) is 0.474. The summed E-state index contributed by atoms with van der Waals surface area (Å²) < 4.78 is 0. The molecule has 2 heterocycles. The summed E-state index contributed by atoms with van der Waals surface area (Å²) in [7, 11) is 0. The molecular weight excluding hydrogens is 332 g/mol. The first-order chi connectivity index (χ1) is 12.1. The van der Waals surface area contributed by atoms with Gasteiger partial charge in [-0.1, -0.05) is 6.07 Å². The maximum absolute atomic E-state index is 11.4. The third-order valence-corrected chi connectivity index (χ3v) is 5.59. The zero-order valence-corrected chi connectivity index (χ0v) is 15.7. The van der Waals surface area contributed by atoms with Gasteiger partial charge in [0.1, 0.15) is 5.82 Å². The van der Waals surface area contributed by atoms with Crippen molar-refractivity contribution in [3.63, 3.8) is 0 Å². The maximum atomic E-state index is 11.4. The van der Waals surface area contributed by atoms with E-state index in [-0.39, 0.29) is 11.8 Å². The van der Waals surface area contributed by atoms with E-state index in [0.717, 1.165) is 50.4 Å². The van der Waals surface area contributed by atoms with Crippen LogP contribution in [-0.4, -0.2) is 48.2 Å². The number of amides is 1. The van der Waals surface area contributed by atoms with Gasteiger partial charge >= 0.3 is 0 Å². The molecule has 0 saturated carbocycles. The molecule has 0 spiro atoms. The largest absolute Gasteiger partial charge is 0.369 e. The highest BCUT2D eigenvalue weighted by molar-refractivity contribution is 7.98. The molecule has 2 aromatic rings. The van der Waals surface area contributed by atoms with Crippen molar-refractivity contribution in [3.8, 4) is 0 Å². The summed E-state index contributed by atoms with van der Waals surface area (Å²) in [5.74, 6) is 0.737. The van der Waals surface area contributed by atoms with E-state index in [1.807, 2.05) is 0 Å². The van der Waals surface area contributed by atoms with Gasteiger partial charge in [0.15, 0.2) is 0 Å². The zero-order chi connectivity index (χ0) is 17.8. The molecule has 1 saturated heterocycles. The van der Waals surface area contributed by atoms with Gasteiger partial charge in [-0.2, -0.15) is 0 Å². The Morgan fingerprint density at radius 3 is 3.04 bits per heavy atom. The molecule has 1 aliphatic heterocycles. The Balaban J connectivity index is 1.62. The van der Waals surface area contributed by atoms with Crippen LogP contribution in [-0.2, 0) is 4.79 Å². The number of hydrogen-bond donors (Lipinski definition) is 2. The summed E-state index contributed by atoms with van der Waals surface area (Å²) in [5, 5.41) is 4.63. The third kappa shape index (κ3) is 4.44. The van der Waals surface area contributed by atoms with Crippen LogP contribution >= 0.6 is 11.8 Å². The Morgan fingerprint density at radius 2 is 2.28 bits per heavy atom. The van der Waals surface area contributed by atoms with Crippen LogP contribution in [0.4, 0.5) is 5.82 Å². The molecule has 0 radical (unpaired) electrons. The van der Waals surface area contributed by atoms with Crippen LogP contribution in [0.1, 0.15) is 18.4 Å². The lowest BCUT2D eigenvalue weighted by atomic mass is 9.97. The van der Waals surface area contributed by atoms with Crippen molar-refractivity contribution in [1.29, 1.82) is 0 Å². The maximum Gasteiger partial charge on any atom is 0.221 e. The van der Waals surface area contributed by atoms with Gasteiger partial charge < -0.3 is 16.0 Å². The number of anilines is 1. The van der Waals surface area contributed by atoms with Gasteiger partial charge in [-0.15, -0.1) is 11.8 Å². The van der Waals surface area contributed by atoms with E-state index in [9.17, 15) is 4.79 Å². The molecule has 1 amide bonds. The Morgan fingerprint density at radius 1 is 1.44 bits per heavy atom. The summed E-state index contributed by atoms with van der Waals surface area (Å²) in [6.07, 6.45) is 4.04. The van der Waals surface area contributed by atoms with Gasteiger partial charge in [0.05, 0.1) is 11.4 Å². The lowest BCUT2D eigenvalue weighted by Gasteiger charge is -2.31. The summed E-state index contributed by atoms with van der Waals surface area (Å²) in [5.41, 5.74) is 7.71. The van der Waals surface area contributed by atoms with E-state index in [1.54, 1.807) is 11.8 Å². The standard InChI is InChI=1S/C19H26N4OS/c1-13-10-18(22-17-11-15(25-2)5-6-16(13)17)21-7-9-23-8-3-4-14(12-23)19(20)24/h5-6,10-11,14H,3-4,7-9,12H2,1-2H3,(H2,20,24)(H,21,22)/t14-/m1/s1. The van der Waals surface area contributed by atoms with Gasteiger partial charge in [0.2, 0.25) is 5.91 Å². The number of pyridine rings is 1. The molecule has 0 aliphatic carbocycles. The number of piperidine rings is 1. The van der Waals surface area contributed by atoms with Crippen LogP contribution in [0, 0.1) is 12.8 Å². The summed E-state index contributed by atoms with van der Waals surface area (Å²) in [4.78, 5) is 19.7. The van der Waals surface area contributed by atoms with Crippen LogP contribution in [0.25, 0.3) is 10.9 Å². The average Bonchev–Trinajstić information content (AvgIpc) is 2.61. The van der Waals surface area contributed by atoms with Crippen LogP contribution in [0.15, 0.2) is 29.2 Å². The number of aromatic nitrogens is 1. The predicted molar refractivity (Wildman–Crippen MR) is 105 cm³/mol. The summed E-state index contributed by atoms with van der Waals surface area (Å²) in [6, 6.07) is 8.52. The minimum absolute atomic E-state index is 0.000229. The number of thioether (sulfide) groups is 1. The highest BCUT2D eigenvalue weighted by atomic mass is 32.2. The Kier molecular flexibility index (Phi) is 5.81. The van der Waals surface area contributed by atoms with Gasteiger partial charge in [0, 0.05) is 29.9 Å². The normalized spacial score (nSPS) is 18.4. The van der Waals surface area contributed by atoms with Crippen LogP contribution in [0.2, 0.25) is 0 Å². The topological polar surface area (TPSA) is 71.2 Å². The molecule has 3 N–H and O–H groups in total. The van der Waals surface area contributed by atoms with E-state index in [2.05, 4.69) is 47.7 Å². The average molecular weight is 359 g/mol. The molecule has 0 bridgehead atoms. The van der Waals surface area contributed by atoms with Crippen molar-refractivity contribution in [3.05, 3.63) is 29.8 Å². The lowest BCUT2D eigenvalue weighted by molar-refractivity contribution is -0.123. The molecule has 1 aromatic carbocycles. The number of primary amides is 1. The Bertz CT molecular complexity index is 764. The van der Waals surface area contributed by atoms with E-state index < -0.39 is 0 Å². The molecule has 1 atom stereocenters. The molecule has 5 nitrogen and oxygen atoms in total. The van der Waals surface area contributed by atoms with Crippen molar-refractivity contribution < 1.29 is 4.79 Å². The van der Waals surface area contributed by atoms with Gasteiger partial charge in [0.25, 0.3) is 0 Å². The number of fused-ring (bicyclic) bond motifs is 1. The highest BCUT2D eigenvalue weighted by Gasteiger charge is 2.23. The molecule has 6 heteroatoms. The number of hydrogen-bond acceptors (Lipinski definition) is 5. The lowest BCUT2D eigenvalue weighted by Crippen LogP contribution is -2.42. The van der Waals surface area contributed by atoms with Crippen molar-refractivity contribution in [2.45, 2.75) is 24.7 Å². The number of nitrogens with two attached hydrogens (primary N) is 1. The molecule has 134 valence electrons. The Labute approximate surface area is 153 Å².